The molecule has 0 fully saturated rings. The molecule has 4 nitrogen and oxygen atoms in total. The van der Waals surface area contributed by atoms with E-state index in [4.69, 9.17) is 16.3 Å². The summed E-state index contributed by atoms with van der Waals surface area (Å²) in [6.07, 6.45) is 2.24. The zero-order valence-electron chi connectivity index (χ0n) is 17.4. The number of carbonyl (C=O) groups is 1. The molecule has 1 aromatic heterocycles. The molecular weight excluding hydrogens is 446 g/mol. The standard InChI is InChI=1S/C26H19ClF2N2O2/c1-2-26(28,29)22-15-20(10-11-23(22)27)31-25(32)16-33-21-7-3-5-18(13-21)19-9-8-17-6-4-12-30-24(17)14-19/h2-15H,1,16H2,(H,31,32). The first-order chi connectivity index (χ1) is 15.9. The minimum absolute atomic E-state index is 0.116. The Hall–Kier alpha value is -3.77. The third kappa shape index (κ3) is 5.18. The van der Waals surface area contributed by atoms with Crippen LogP contribution in [0.25, 0.3) is 22.0 Å². The lowest BCUT2D eigenvalue weighted by molar-refractivity contribution is -0.118. The summed E-state index contributed by atoms with van der Waals surface area (Å²) in [5, 5.41) is 3.47. The van der Waals surface area contributed by atoms with Crippen LogP contribution in [0.1, 0.15) is 5.56 Å². The summed E-state index contributed by atoms with van der Waals surface area (Å²) in [7, 11) is 0. The normalized spacial score (nSPS) is 11.2. The molecule has 1 N–H and O–H groups in total. The fourth-order valence-electron chi connectivity index (χ4n) is 3.33. The second kappa shape index (κ2) is 9.38. The van der Waals surface area contributed by atoms with Crippen molar-refractivity contribution in [1.29, 1.82) is 0 Å². The van der Waals surface area contributed by atoms with Crippen LogP contribution < -0.4 is 10.1 Å². The van der Waals surface area contributed by atoms with E-state index in [9.17, 15) is 13.6 Å². The zero-order chi connectivity index (χ0) is 23.4. The topological polar surface area (TPSA) is 51.2 Å². The number of alkyl halides is 2. The minimum Gasteiger partial charge on any atom is -0.484 e. The van der Waals surface area contributed by atoms with Gasteiger partial charge in [-0.25, -0.2) is 0 Å². The average molecular weight is 465 g/mol. The summed E-state index contributed by atoms with van der Waals surface area (Å²) in [6, 6.07) is 21.0. The first-order valence-electron chi connectivity index (χ1n) is 10.0. The van der Waals surface area contributed by atoms with E-state index < -0.39 is 17.4 Å². The molecule has 1 heterocycles. The van der Waals surface area contributed by atoms with Crippen molar-refractivity contribution in [3.63, 3.8) is 0 Å². The number of carbonyl (C=O) groups excluding carboxylic acids is 1. The minimum atomic E-state index is -3.31. The van der Waals surface area contributed by atoms with Gasteiger partial charge in [-0.3, -0.25) is 9.78 Å². The number of halogens is 3. The number of anilines is 1. The van der Waals surface area contributed by atoms with Gasteiger partial charge in [0.15, 0.2) is 6.61 Å². The zero-order valence-corrected chi connectivity index (χ0v) is 18.2. The second-order valence-electron chi connectivity index (χ2n) is 7.30. The molecule has 0 bridgehead atoms. The van der Waals surface area contributed by atoms with Crippen LogP contribution >= 0.6 is 11.6 Å². The predicted octanol–water partition coefficient (Wildman–Crippen LogP) is 6.85. The number of nitrogens with zero attached hydrogens (tertiary/aromatic N) is 1. The van der Waals surface area contributed by atoms with E-state index in [2.05, 4.69) is 16.9 Å². The number of amides is 1. The maximum Gasteiger partial charge on any atom is 0.292 e. The van der Waals surface area contributed by atoms with Gasteiger partial charge in [-0.05, 0) is 59.7 Å². The number of ether oxygens (including phenoxy) is 1. The molecule has 166 valence electrons. The number of rotatable bonds is 7. The molecule has 4 aromatic rings. The maximum atomic E-state index is 14.0. The fourth-order valence-corrected chi connectivity index (χ4v) is 3.57. The van der Waals surface area contributed by atoms with Crippen molar-refractivity contribution in [2.45, 2.75) is 5.92 Å². The highest BCUT2D eigenvalue weighted by atomic mass is 35.5. The van der Waals surface area contributed by atoms with Gasteiger partial charge in [0, 0.05) is 22.8 Å². The van der Waals surface area contributed by atoms with Gasteiger partial charge in [-0.15, -0.1) is 0 Å². The third-order valence-electron chi connectivity index (χ3n) is 5.01. The number of aromatic nitrogens is 1. The van der Waals surface area contributed by atoms with E-state index in [0.29, 0.717) is 11.8 Å². The van der Waals surface area contributed by atoms with Crippen LogP contribution in [0.5, 0.6) is 5.75 Å². The molecule has 0 unspecified atom stereocenters. The third-order valence-corrected chi connectivity index (χ3v) is 5.34. The Morgan fingerprint density at radius 3 is 2.70 bits per heavy atom. The van der Waals surface area contributed by atoms with Crippen LogP contribution in [0.3, 0.4) is 0 Å². The van der Waals surface area contributed by atoms with Crippen molar-refractivity contribution in [3.05, 3.63) is 102 Å². The number of pyridine rings is 1. The van der Waals surface area contributed by atoms with Crippen molar-refractivity contribution in [1.82, 2.24) is 4.98 Å². The van der Waals surface area contributed by atoms with Crippen molar-refractivity contribution in [3.8, 4) is 16.9 Å². The highest BCUT2D eigenvalue weighted by Crippen LogP contribution is 2.36. The molecule has 0 aliphatic heterocycles. The molecule has 1 amide bonds. The number of benzene rings is 3. The first kappa shape index (κ1) is 22.4. The molecule has 3 aromatic carbocycles. The molecule has 33 heavy (non-hydrogen) atoms. The Labute approximate surface area is 194 Å². The predicted molar refractivity (Wildman–Crippen MR) is 127 cm³/mol. The van der Waals surface area contributed by atoms with E-state index in [0.717, 1.165) is 28.1 Å². The van der Waals surface area contributed by atoms with Gasteiger partial charge in [0.2, 0.25) is 0 Å². The Balaban J connectivity index is 1.44. The molecule has 0 radical (unpaired) electrons. The average Bonchev–Trinajstić information content (AvgIpc) is 2.83. The molecule has 4 rings (SSSR count). The van der Waals surface area contributed by atoms with Crippen molar-refractivity contribution >= 4 is 34.1 Å². The lowest BCUT2D eigenvalue weighted by Crippen LogP contribution is -2.20. The second-order valence-corrected chi connectivity index (χ2v) is 7.70. The number of fused-ring (bicyclic) bond motifs is 1. The highest BCUT2D eigenvalue weighted by Gasteiger charge is 2.30. The molecule has 0 atom stereocenters. The number of nitrogens with one attached hydrogen (secondary N) is 1. The molecule has 7 heteroatoms. The van der Waals surface area contributed by atoms with Crippen LogP contribution in [0.4, 0.5) is 14.5 Å². The molecule has 0 saturated heterocycles. The van der Waals surface area contributed by atoms with Gasteiger partial charge in [-0.1, -0.05) is 48.5 Å². The van der Waals surface area contributed by atoms with Crippen LogP contribution in [0, 0.1) is 0 Å². The van der Waals surface area contributed by atoms with Gasteiger partial charge < -0.3 is 10.1 Å². The van der Waals surface area contributed by atoms with Crippen molar-refractivity contribution in [2.75, 3.05) is 11.9 Å². The van der Waals surface area contributed by atoms with Crippen LogP contribution in [-0.4, -0.2) is 17.5 Å². The fraction of sp³-hybridized carbons (Fsp3) is 0.0769. The van der Waals surface area contributed by atoms with Gasteiger partial charge in [0.25, 0.3) is 11.8 Å². The summed E-state index contributed by atoms with van der Waals surface area (Å²) < 4.78 is 33.5. The quantitative estimate of drug-likeness (QED) is 0.304. The van der Waals surface area contributed by atoms with Crippen molar-refractivity contribution in [2.24, 2.45) is 0 Å². The van der Waals surface area contributed by atoms with E-state index in [1.54, 1.807) is 12.3 Å². The molecule has 0 spiro atoms. The van der Waals surface area contributed by atoms with Crippen molar-refractivity contribution < 1.29 is 18.3 Å². The lowest BCUT2D eigenvalue weighted by atomic mass is 10.0. The van der Waals surface area contributed by atoms with Gasteiger partial charge >= 0.3 is 0 Å². The first-order valence-corrected chi connectivity index (χ1v) is 10.4. The lowest BCUT2D eigenvalue weighted by Gasteiger charge is -2.15. The molecule has 0 saturated carbocycles. The molecule has 0 aliphatic carbocycles. The van der Waals surface area contributed by atoms with E-state index in [1.165, 1.54) is 12.1 Å². The van der Waals surface area contributed by atoms with Crippen LogP contribution in [-0.2, 0) is 10.7 Å². The number of hydrogen-bond donors (Lipinski definition) is 1. The smallest absolute Gasteiger partial charge is 0.292 e. The van der Waals surface area contributed by atoms with Gasteiger partial charge in [0.05, 0.1) is 10.5 Å². The van der Waals surface area contributed by atoms with E-state index in [-0.39, 0.29) is 17.3 Å². The SMILES string of the molecule is C=CC(F)(F)c1cc(NC(=O)COc2cccc(-c3ccc4cccnc4c3)c2)ccc1Cl. The van der Waals surface area contributed by atoms with E-state index in [1.807, 2.05) is 48.5 Å². The number of allylic oxidation sites excluding steroid dienone is 1. The summed E-state index contributed by atoms with van der Waals surface area (Å²) in [4.78, 5) is 16.7. The monoisotopic (exact) mass is 464 g/mol. The van der Waals surface area contributed by atoms with E-state index >= 15 is 0 Å². The Morgan fingerprint density at radius 2 is 1.88 bits per heavy atom. The molecular formula is C26H19ClF2N2O2. The number of hydrogen-bond acceptors (Lipinski definition) is 3. The Bertz CT molecular complexity index is 1340. The van der Waals surface area contributed by atoms with Crippen LogP contribution in [0.2, 0.25) is 5.02 Å². The summed E-state index contributed by atoms with van der Waals surface area (Å²) in [6.45, 7) is 2.83. The summed E-state index contributed by atoms with van der Waals surface area (Å²) in [5.41, 5.74) is 2.50. The Kier molecular flexibility index (Phi) is 6.38. The van der Waals surface area contributed by atoms with Gasteiger partial charge in [-0.2, -0.15) is 8.78 Å². The summed E-state index contributed by atoms with van der Waals surface area (Å²) >= 11 is 5.87. The maximum absolute atomic E-state index is 14.0. The summed E-state index contributed by atoms with van der Waals surface area (Å²) in [5.74, 6) is -3.31. The van der Waals surface area contributed by atoms with Crippen LogP contribution in [0.15, 0.2) is 91.6 Å². The Morgan fingerprint density at radius 1 is 1.06 bits per heavy atom. The molecule has 0 aliphatic rings. The largest absolute Gasteiger partial charge is 0.484 e. The van der Waals surface area contributed by atoms with Gasteiger partial charge in [0.1, 0.15) is 5.75 Å². The highest BCUT2D eigenvalue weighted by molar-refractivity contribution is 6.31.